The highest BCUT2D eigenvalue weighted by Crippen LogP contribution is 2.22. The van der Waals surface area contributed by atoms with E-state index in [1.54, 1.807) is 0 Å². The van der Waals surface area contributed by atoms with Crippen molar-refractivity contribution in [3.05, 3.63) is 28.2 Å². The Labute approximate surface area is 119 Å². The van der Waals surface area contributed by atoms with Crippen LogP contribution in [0.1, 0.15) is 45.1 Å². The van der Waals surface area contributed by atoms with E-state index in [1.165, 1.54) is 24.8 Å². The zero-order valence-corrected chi connectivity index (χ0v) is 13.1. The summed E-state index contributed by atoms with van der Waals surface area (Å²) in [6.45, 7) is 7.02. The van der Waals surface area contributed by atoms with Crippen molar-refractivity contribution in [1.82, 2.24) is 5.32 Å². The minimum Gasteiger partial charge on any atom is -0.494 e. The molecule has 0 fully saturated rings. The van der Waals surface area contributed by atoms with Crippen LogP contribution in [0, 0.1) is 0 Å². The van der Waals surface area contributed by atoms with Crippen LogP contribution in [0.2, 0.25) is 0 Å². The van der Waals surface area contributed by atoms with Crippen LogP contribution in [0.4, 0.5) is 0 Å². The van der Waals surface area contributed by atoms with E-state index in [0.29, 0.717) is 0 Å². The molecular formula is C15H24BrNO. The van der Waals surface area contributed by atoms with Crippen molar-refractivity contribution in [2.45, 2.75) is 46.1 Å². The van der Waals surface area contributed by atoms with Gasteiger partial charge in [0.1, 0.15) is 5.75 Å². The Balaban J connectivity index is 2.40. The standard InChI is InChI=1S/C15H24BrNO/c1-3-5-6-7-10-18-14-8-9-15(16)13(11-14)12-17-4-2/h8-9,11,17H,3-7,10,12H2,1-2H3. The average molecular weight is 314 g/mol. The summed E-state index contributed by atoms with van der Waals surface area (Å²) in [7, 11) is 0. The number of nitrogens with one attached hydrogen (secondary N) is 1. The second-order valence-electron chi connectivity index (χ2n) is 4.44. The van der Waals surface area contributed by atoms with Gasteiger partial charge >= 0.3 is 0 Å². The highest BCUT2D eigenvalue weighted by Gasteiger charge is 2.02. The van der Waals surface area contributed by atoms with E-state index in [2.05, 4.69) is 47.2 Å². The first-order chi connectivity index (χ1) is 8.77. The van der Waals surface area contributed by atoms with Crippen molar-refractivity contribution in [3.8, 4) is 5.75 Å². The van der Waals surface area contributed by atoms with Gasteiger partial charge < -0.3 is 10.1 Å². The number of rotatable bonds is 9. The predicted octanol–water partition coefficient (Wildman–Crippen LogP) is 4.52. The number of ether oxygens (including phenoxy) is 1. The quantitative estimate of drug-likeness (QED) is 0.677. The molecule has 3 heteroatoms. The minimum atomic E-state index is 0.822. The van der Waals surface area contributed by atoms with Gasteiger partial charge in [-0.15, -0.1) is 0 Å². The zero-order chi connectivity index (χ0) is 13.2. The van der Waals surface area contributed by atoms with Crippen molar-refractivity contribution in [2.75, 3.05) is 13.2 Å². The topological polar surface area (TPSA) is 21.3 Å². The SMILES string of the molecule is CCCCCCOc1ccc(Br)c(CNCC)c1. The van der Waals surface area contributed by atoms with Gasteiger partial charge in [-0.2, -0.15) is 0 Å². The summed E-state index contributed by atoms with van der Waals surface area (Å²) < 4.78 is 6.92. The Bertz CT molecular complexity index is 341. The van der Waals surface area contributed by atoms with Gasteiger partial charge in [0, 0.05) is 11.0 Å². The monoisotopic (exact) mass is 313 g/mol. The number of benzene rings is 1. The Morgan fingerprint density at radius 2 is 2.00 bits per heavy atom. The third-order valence-corrected chi connectivity index (χ3v) is 3.62. The summed E-state index contributed by atoms with van der Waals surface area (Å²) >= 11 is 3.57. The van der Waals surface area contributed by atoms with E-state index in [0.717, 1.165) is 36.3 Å². The summed E-state index contributed by atoms with van der Waals surface area (Å²) in [5.41, 5.74) is 1.25. The minimum absolute atomic E-state index is 0.822. The van der Waals surface area contributed by atoms with E-state index in [4.69, 9.17) is 4.74 Å². The number of unbranched alkanes of at least 4 members (excludes halogenated alkanes) is 3. The molecule has 0 aliphatic rings. The fraction of sp³-hybridized carbons (Fsp3) is 0.600. The van der Waals surface area contributed by atoms with Crippen LogP contribution in [0.15, 0.2) is 22.7 Å². The zero-order valence-electron chi connectivity index (χ0n) is 11.5. The molecule has 1 aromatic rings. The van der Waals surface area contributed by atoms with E-state index < -0.39 is 0 Å². The molecule has 0 atom stereocenters. The molecule has 1 rings (SSSR count). The van der Waals surface area contributed by atoms with Crippen LogP contribution in [-0.4, -0.2) is 13.2 Å². The average Bonchev–Trinajstić information content (AvgIpc) is 2.39. The fourth-order valence-corrected chi connectivity index (χ4v) is 2.14. The number of hydrogen-bond donors (Lipinski definition) is 1. The molecule has 0 saturated heterocycles. The van der Waals surface area contributed by atoms with E-state index in [9.17, 15) is 0 Å². The van der Waals surface area contributed by atoms with Crippen LogP contribution in [0.3, 0.4) is 0 Å². The maximum atomic E-state index is 5.78. The molecule has 0 heterocycles. The Hall–Kier alpha value is -0.540. The Morgan fingerprint density at radius 3 is 2.72 bits per heavy atom. The van der Waals surface area contributed by atoms with Crippen molar-refractivity contribution in [3.63, 3.8) is 0 Å². The lowest BCUT2D eigenvalue weighted by Gasteiger charge is -2.10. The highest BCUT2D eigenvalue weighted by molar-refractivity contribution is 9.10. The summed E-state index contributed by atoms with van der Waals surface area (Å²) in [6, 6.07) is 6.21. The first-order valence-electron chi connectivity index (χ1n) is 6.89. The summed E-state index contributed by atoms with van der Waals surface area (Å²) in [5.74, 6) is 0.975. The van der Waals surface area contributed by atoms with Crippen LogP contribution in [-0.2, 0) is 6.54 Å². The molecule has 1 N–H and O–H groups in total. The number of halogens is 1. The molecule has 2 nitrogen and oxygen atoms in total. The van der Waals surface area contributed by atoms with E-state index in [-0.39, 0.29) is 0 Å². The molecule has 0 aliphatic heterocycles. The lowest BCUT2D eigenvalue weighted by Crippen LogP contribution is -2.12. The Morgan fingerprint density at radius 1 is 1.17 bits per heavy atom. The first-order valence-corrected chi connectivity index (χ1v) is 7.69. The largest absolute Gasteiger partial charge is 0.494 e. The summed E-state index contributed by atoms with van der Waals surface area (Å²) in [6.07, 6.45) is 4.98. The number of hydrogen-bond acceptors (Lipinski definition) is 2. The molecule has 0 bridgehead atoms. The molecule has 0 spiro atoms. The van der Waals surface area contributed by atoms with Gasteiger partial charge in [0.2, 0.25) is 0 Å². The molecule has 0 amide bonds. The molecule has 18 heavy (non-hydrogen) atoms. The highest BCUT2D eigenvalue weighted by atomic mass is 79.9. The Kier molecular flexibility index (Phi) is 8.10. The molecule has 0 saturated carbocycles. The molecule has 0 aliphatic carbocycles. The van der Waals surface area contributed by atoms with E-state index >= 15 is 0 Å². The molecule has 0 unspecified atom stereocenters. The maximum absolute atomic E-state index is 5.78. The summed E-state index contributed by atoms with van der Waals surface area (Å²) in [4.78, 5) is 0. The van der Waals surface area contributed by atoms with Crippen LogP contribution in [0.25, 0.3) is 0 Å². The predicted molar refractivity (Wildman–Crippen MR) is 81.2 cm³/mol. The van der Waals surface area contributed by atoms with Gasteiger partial charge in [0.25, 0.3) is 0 Å². The lowest BCUT2D eigenvalue weighted by molar-refractivity contribution is 0.304. The normalized spacial score (nSPS) is 10.6. The van der Waals surface area contributed by atoms with Gasteiger partial charge in [0.05, 0.1) is 6.61 Å². The molecule has 102 valence electrons. The first kappa shape index (κ1) is 15.5. The van der Waals surface area contributed by atoms with Gasteiger partial charge in [-0.25, -0.2) is 0 Å². The second kappa shape index (κ2) is 9.40. The van der Waals surface area contributed by atoms with Crippen LogP contribution in [0.5, 0.6) is 5.75 Å². The molecule has 0 radical (unpaired) electrons. The fourth-order valence-electron chi connectivity index (χ4n) is 1.75. The third kappa shape index (κ3) is 5.87. The van der Waals surface area contributed by atoms with Crippen LogP contribution >= 0.6 is 15.9 Å². The molecule has 1 aromatic carbocycles. The van der Waals surface area contributed by atoms with Crippen LogP contribution < -0.4 is 10.1 Å². The van der Waals surface area contributed by atoms with Crippen molar-refractivity contribution < 1.29 is 4.74 Å². The van der Waals surface area contributed by atoms with Crippen molar-refractivity contribution >= 4 is 15.9 Å². The van der Waals surface area contributed by atoms with E-state index in [1.807, 2.05) is 6.07 Å². The summed E-state index contributed by atoms with van der Waals surface area (Å²) in [5, 5.41) is 3.33. The van der Waals surface area contributed by atoms with Crippen molar-refractivity contribution in [2.24, 2.45) is 0 Å². The molecule has 0 aromatic heterocycles. The molecular weight excluding hydrogens is 290 g/mol. The van der Waals surface area contributed by atoms with Gasteiger partial charge in [0.15, 0.2) is 0 Å². The van der Waals surface area contributed by atoms with Crippen molar-refractivity contribution in [1.29, 1.82) is 0 Å². The van der Waals surface area contributed by atoms with Gasteiger partial charge in [-0.1, -0.05) is 49.0 Å². The maximum Gasteiger partial charge on any atom is 0.119 e. The smallest absolute Gasteiger partial charge is 0.119 e. The van der Waals surface area contributed by atoms with Gasteiger partial charge in [-0.05, 0) is 36.7 Å². The third-order valence-electron chi connectivity index (χ3n) is 2.85. The van der Waals surface area contributed by atoms with Gasteiger partial charge in [-0.3, -0.25) is 0 Å². The lowest BCUT2D eigenvalue weighted by atomic mass is 10.2. The second-order valence-corrected chi connectivity index (χ2v) is 5.30.